The van der Waals surface area contributed by atoms with E-state index in [1.165, 1.54) is 96.3 Å². The molecule has 134 valence electrons. The zero-order chi connectivity index (χ0) is 16.3. The summed E-state index contributed by atoms with van der Waals surface area (Å²) in [6.07, 6.45) is 21.6. The number of hydrogen-bond acceptors (Lipinski definition) is 2. The van der Waals surface area contributed by atoms with Gasteiger partial charge in [-0.25, -0.2) is 0 Å². The minimum absolute atomic E-state index is 0.601. The van der Waals surface area contributed by atoms with Crippen LogP contribution in [0.4, 0.5) is 0 Å². The summed E-state index contributed by atoms with van der Waals surface area (Å²) in [4.78, 5) is 0. The second-order valence-corrected chi connectivity index (χ2v) is 6.77. The van der Waals surface area contributed by atoms with E-state index in [0.29, 0.717) is 6.61 Å². The molecule has 0 saturated carbocycles. The van der Waals surface area contributed by atoms with Crippen LogP contribution in [-0.2, 0) is 4.74 Å². The quantitative estimate of drug-likeness (QED) is 0.228. The third-order valence-corrected chi connectivity index (χ3v) is 4.36. The van der Waals surface area contributed by atoms with Crippen LogP contribution in [0.5, 0.6) is 0 Å². The molecule has 1 N–H and O–H groups in total. The molecule has 0 rings (SSSR count). The molecule has 0 heterocycles. The molecule has 0 spiro atoms. The van der Waals surface area contributed by atoms with Gasteiger partial charge in [-0.1, -0.05) is 103 Å². The maximum Gasteiger partial charge on any atom is 0.151 e. The molecule has 0 aliphatic rings. The van der Waals surface area contributed by atoms with Gasteiger partial charge in [0, 0.05) is 6.61 Å². The van der Waals surface area contributed by atoms with Gasteiger partial charge in [-0.15, -0.1) is 0 Å². The van der Waals surface area contributed by atoms with Crippen LogP contribution in [0.1, 0.15) is 117 Å². The number of ether oxygens (including phenoxy) is 1. The van der Waals surface area contributed by atoms with E-state index in [9.17, 15) is 0 Å². The highest BCUT2D eigenvalue weighted by Crippen LogP contribution is 2.13. The highest BCUT2D eigenvalue weighted by atomic mass is 16.6. The van der Waals surface area contributed by atoms with Gasteiger partial charge in [0.25, 0.3) is 0 Å². The Morgan fingerprint density at radius 1 is 0.591 bits per heavy atom. The van der Waals surface area contributed by atoms with Crippen molar-refractivity contribution in [3.8, 4) is 0 Å². The lowest BCUT2D eigenvalue weighted by Crippen LogP contribution is -2.06. The molecule has 0 aliphatic heterocycles. The Morgan fingerprint density at radius 2 is 0.909 bits per heavy atom. The highest BCUT2D eigenvalue weighted by Gasteiger charge is 1.96. The summed E-state index contributed by atoms with van der Waals surface area (Å²) in [6.45, 7) is 4.66. The molecular formula is C20H42O2. The number of unbranched alkanes of at least 4 members (excludes halogenated alkanes) is 15. The number of rotatable bonds is 18. The maximum atomic E-state index is 8.96. The first-order valence-electron chi connectivity index (χ1n) is 10.1. The third kappa shape index (κ3) is 19.9. The zero-order valence-corrected chi connectivity index (χ0v) is 15.5. The number of aliphatic hydroxyl groups is 1. The SMILES string of the molecule is CCCCCCCCCCCCCCCCCCOC(C)O. The van der Waals surface area contributed by atoms with E-state index in [-0.39, 0.29) is 0 Å². The molecule has 0 aromatic heterocycles. The minimum atomic E-state index is -0.601. The molecule has 22 heavy (non-hydrogen) atoms. The summed E-state index contributed by atoms with van der Waals surface area (Å²) in [5, 5.41) is 8.96. The fourth-order valence-corrected chi connectivity index (χ4v) is 2.90. The van der Waals surface area contributed by atoms with Crippen molar-refractivity contribution in [2.45, 2.75) is 123 Å². The Labute approximate surface area is 140 Å². The van der Waals surface area contributed by atoms with Crippen LogP contribution < -0.4 is 0 Å². The largest absolute Gasteiger partial charge is 0.368 e. The molecule has 0 amide bonds. The number of hydrogen-bond donors (Lipinski definition) is 1. The summed E-state index contributed by atoms with van der Waals surface area (Å²) < 4.78 is 5.12. The summed E-state index contributed by atoms with van der Waals surface area (Å²) in [5.74, 6) is 0. The maximum absolute atomic E-state index is 8.96. The van der Waals surface area contributed by atoms with Gasteiger partial charge >= 0.3 is 0 Å². The highest BCUT2D eigenvalue weighted by molar-refractivity contribution is 4.50. The molecule has 2 heteroatoms. The van der Waals surface area contributed by atoms with Crippen LogP contribution in [-0.4, -0.2) is 18.0 Å². The second-order valence-electron chi connectivity index (χ2n) is 6.77. The molecule has 0 aromatic rings. The predicted molar refractivity (Wildman–Crippen MR) is 97.2 cm³/mol. The standard InChI is InChI=1S/C20H42O2/c1-3-4-5-6-7-8-9-10-11-12-13-14-15-16-17-18-19-22-20(2)21/h20-21H,3-19H2,1-2H3. The van der Waals surface area contributed by atoms with Crippen molar-refractivity contribution in [1.29, 1.82) is 0 Å². The fraction of sp³-hybridized carbons (Fsp3) is 1.00. The molecule has 0 radical (unpaired) electrons. The molecule has 0 aromatic carbocycles. The first kappa shape index (κ1) is 21.9. The average Bonchev–Trinajstić information content (AvgIpc) is 2.50. The predicted octanol–water partition coefficient (Wildman–Crippen LogP) is 6.60. The van der Waals surface area contributed by atoms with Gasteiger partial charge in [0.1, 0.15) is 0 Å². The van der Waals surface area contributed by atoms with Crippen molar-refractivity contribution in [1.82, 2.24) is 0 Å². The molecule has 0 bridgehead atoms. The summed E-state index contributed by atoms with van der Waals surface area (Å²) in [5.41, 5.74) is 0. The smallest absolute Gasteiger partial charge is 0.151 e. The van der Waals surface area contributed by atoms with E-state index < -0.39 is 6.29 Å². The van der Waals surface area contributed by atoms with Crippen molar-refractivity contribution in [2.75, 3.05) is 6.61 Å². The van der Waals surface area contributed by atoms with E-state index in [4.69, 9.17) is 9.84 Å². The number of aliphatic hydroxyl groups excluding tert-OH is 1. The van der Waals surface area contributed by atoms with E-state index >= 15 is 0 Å². The summed E-state index contributed by atoms with van der Waals surface area (Å²) in [7, 11) is 0. The van der Waals surface area contributed by atoms with E-state index in [0.717, 1.165) is 6.42 Å². The van der Waals surface area contributed by atoms with Gasteiger partial charge in [-0.2, -0.15) is 0 Å². The van der Waals surface area contributed by atoms with Crippen LogP contribution in [0.2, 0.25) is 0 Å². The Hall–Kier alpha value is -0.0800. The van der Waals surface area contributed by atoms with E-state index in [2.05, 4.69) is 6.92 Å². The third-order valence-electron chi connectivity index (χ3n) is 4.36. The van der Waals surface area contributed by atoms with Gasteiger partial charge < -0.3 is 9.84 Å². The van der Waals surface area contributed by atoms with Crippen LogP contribution in [0.3, 0.4) is 0 Å². The van der Waals surface area contributed by atoms with Gasteiger partial charge in [0.05, 0.1) is 0 Å². The first-order valence-corrected chi connectivity index (χ1v) is 10.1. The first-order chi connectivity index (χ1) is 10.8. The van der Waals surface area contributed by atoms with Crippen molar-refractivity contribution in [3.05, 3.63) is 0 Å². The summed E-state index contributed by atoms with van der Waals surface area (Å²) in [6, 6.07) is 0. The van der Waals surface area contributed by atoms with Crippen molar-refractivity contribution in [2.24, 2.45) is 0 Å². The lowest BCUT2D eigenvalue weighted by Gasteiger charge is -2.06. The molecule has 0 aliphatic carbocycles. The summed E-state index contributed by atoms with van der Waals surface area (Å²) >= 11 is 0. The van der Waals surface area contributed by atoms with E-state index in [1.54, 1.807) is 6.92 Å². The van der Waals surface area contributed by atoms with Crippen molar-refractivity contribution in [3.63, 3.8) is 0 Å². The van der Waals surface area contributed by atoms with Crippen molar-refractivity contribution < 1.29 is 9.84 Å². The van der Waals surface area contributed by atoms with Crippen molar-refractivity contribution >= 4 is 0 Å². The zero-order valence-electron chi connectivity index (χ0n) is 15.5. The fourth-order valence-electron chi connectivity index (χ4n) is 2.90. The molecule has 2 nitrogen and oxygen atoms in total. The average molecular weight is 315 g/mol. The lowest BCUT2D eigenvalue weighted by molar-refractivity contribution is -0.0859. The Morgan fingerprint density at radius 3 is 1.23 bits per heavy atom. The Kier molecular flexibility index (Phi) is 18.9. The van der Waals surface area contributed by atoms with Crippen LogP contribution in [0.25, 0.3) is 0 Å². The molecule has 1 unspecified atom stereocenters. The molecule has 1 atom stereocenters. The van der Waals surface area contributed by atoms with Gasteiger partial charge in [-0.3, -0.25) is 0 Å². The van der Waals surface area contributed by atoms with Gasteiger partial charge in [-0.05, 0) is 13.3 Å². The molecule has 0 saturated heterocycles. The van der Waals surface area contributed by atoms with E-state index in [1.807, 2.05) is 0 Å². The second kappa shape index (κ2) is 19.0. The van der Waals surface area contributed by atoms with Crippen LogP contribution in [0, 0.1) is 0 Å². The van der Waals surface area contributed by atoms with Crippen LogP contribution >= 0.6 is 0 Å². The Bertz CT molecular complexity index is 192. The molecular weight excluding hydrogens is 272 g/mol. The molecule has 0 fully saturated rings. The van der Waals surface area contributed by atoms with Crippen LogP contribution in [0.15, 0.2) is 0 Å². The van der Waals surface area contributed by atoms with Gasteiger partial charge in [0.2, 0.25) is 0 Å². The minimum Gasteiger partial charge on any atom is -0.368 e. The lowest BCUT2D eigenvalue weighted by atomic mass is 10.0. The topological polar surface area (TPSA) is 29.5 Å². The normalized spacial score (nSPS) is 12.7. The monoisotopic (exact) mass is 314 g/mol. The Balaban J connectivity index is 2.94. The van der Waals surface area contributed by atoms with Gasteiger partial charge in [0.15, 0.2) is 6.29 Å².